The molecule has 20 heavy (non-hydrogen) atoms. The Bertz CT molecular complexity index is 494. The van der Waals surface area contributed by atoms with Crippen molar-refractivity contribution in [1.29, 1.82) is 0 Å². The fourth-order valence-electron chi connectivity index (χ4n) is 1.99. The van der Waals surface area contributed by atoms with Gasteiger partial charge in [0.05, 0.1) is 12.9 Å². The van der Waals surface area contributed by atoms with E-state index in [0.29, 0.717) is 6.42 Å². The van der Waals surface area contributed by atoms with Gasteiger partial charge in [-0.3, -0.25) is 0 Å². The van der Waals surface area contributed by atoms with Crippen molar-refractivity contribution in [3.05, 3.63) is 29.8 Å². The molecule has 0 heterocycles. The minimum Gasteiger partial charge on any atom is -0.497 e. The Morgan fingerprint density at radius 1 is 1.20 bits per heavy atom. The minimum absolute atomic E-state index is 0.180. The van der Waals surface area contributed by atoms with E-state index in [1.165, 1.54) is 0 Å². The van der Waals surface area contributed by atoms with E-state index < -0.39 is 10.0 Å². The number of methoxy groups -OCH3 is 1. The summed E-state index contributed by atoms with van der Waals surface area (Å²) in [5, 5.41) is 0. The molecule has 1 aromatic carbocycles. The Balaban J connectivity index is 2.88. The number of rotatable bonds is 8. The fraction of sp³-hybridized carbons (Fsp3) is 0.600. The van der Waals surface area contributed by atoms with Gasteiger partial charge < -0.3 is 4.74 Å². The molecule has 0 aliphatic rings. The van der Waals surface area contributed by atoms with Crippen molar-refractivity contribution in [2.75, 3.05) is 12.9 Å². The molecule has 114 valence electrons. The molecule has 0 radical (unpaired) electrons. The summed E-state index contributed by atoms with van der Waals surface area (Å²) in [7, 11) is -1.62. The number of nitrogens with one attached hydrogen (secondary N) is 1. The minimum atomic E-state index is -3.23. The summed E-state index contributed by atoms with van der Waals surface area (Å²) in [6.45, 7) is 6.01. The van der Waals surface area contributed by atoms with Gasteiger partial charge in [-0.15, -0.1) is 0 Å². The van der Waals surface area contributed by atoms with Crippen molar-refractivity contribution in [3.8, 4) is 5.75 Å². The molecule has 0 aliphatic heterocycles. The topological polar surface area (TPSA) is 55.4 Å². The van der Waals surface area contributed by atoms with E-state index >= 15 is 0 Å². The van der Waals surface area contributed by atoms with Crippen LogP contribution in [-0.4, -0.2) is 21.3 Å². The van der Waals surface area contributed by atoms with E-state index in [1.54, 1.807) is 7.11 Å². The van der Waals surface area contributed by atoms with Gasteiger partial charge in [-0.1, -0.05) is 39.3 Å². The first-order chi connectivity index (χ1) is 9.39. The van der Waals surface area contributed by atoms with Crippen LogP contribution >= 0.6 is 0 Å². The number of sulfonamides is 1. The molecular formula is C15H25NO3S. The highest BCUT2D eigenvalue weighted by Crippen LogP contribution is 2.24. The van der Waals surface area contributed by atoms with Crippen LogP contribution in [0.4, 0.5) is 0 Å². The molecule has 0 unspecified atom stereocenters. The van der Waals surface area contributed by atoms with E-state index in [1.807, 2.05) is 45.0 Å². The third kappa shape index (κ3) is 5.13. The molecule has 5 heteroatoms. The zero-order valence-electron chi connectivity index (χ0n) is 12.7. The lowest BCUT2D eigenvalue weighted by molar-refractivity contribution is 0.413. The molecule has 0 saturated carbocycles. The SMILES string of the molecule is CCCCS(=O)(=O)N[C@H](c1ccc(OC)cc1)C(C)C. The molecule has 1 N–H and O–H groups in total. The van der Waals surface area contributed by atoms with Crippen molar-refractivity contribution in [2.24, 2.45) is 5.92 Å². The summed E-state index contributed by atoms with van der Waals surface area (Å²) in [5.41, 5.74) is 0.959. The van der Waals surface area contributed by atoms with Crippen LogP contribution in [0.15, 0.2) is 24.3 Å². The summed E-state index contributed by atoms with van der Waals surface area (Å²) in [4.78, 5) is 0. The number of benzene rings is 1. The van der Waals surface area contributed by atoms with Crippen molar-refractivity contribution < 1.29 is 13.2 Å². The average Bonchev–Trinajstić information content (AvgIpc) is 2.43. The maximum absolute atomic E-state index is 12.1. The Hall–Kier alpha value is -1.07. The summed E-state index contributed by atoms with van der Waals surface area (Å²) >= 11 is 0. The van der Waals surface area contributed by atoms with Crippen LogP contribution in [0.25, 0.3) is 0 Å². The number of unbranched alkanes of at least 4 members (excludes halogenated alkanes) is 1. The van der Waals surface area contributed by atoms with Gasteiger partial charge in [0.1, 0.15) is 5.75 Å². The molecule has 4 nitrogen and oxygen atoms in total. The van der Waals surface area contributed by atoms with E-state index in [9.17, 15) is 8.42 Å². The van der Waals surface area contributed by atoms with Crippen LogP contribution in [0.3, 0.4) is 0 Å². The van der Waals surface area contributed by atoms with Crippen LogP contribution < -0.4 is 9.46 Å². The Labute approximate surface area is 122 Å². The lowest BCUT2D eigenvalue weighted by Gasteiger charge is -2.23. The highest BCUT2D eigenvalue weighted by Gasteiger charge is 2.22. The predicted octanol–water partition coefficient (Wildman–Crippen LogP) is 3.11. The van der Waals surface area contributed by atoms with E-state index in [-0.39, 0.29) is 17.7 Å². The first kappa shape index (κ1) is 17.0. The molecule has 0 spiro atoms. The standard InChI is InChI=1S/C15H25NO3S/c1-5-6-11-20(17,18)16-15(12(2)3)13-7-9-14(19-4)10-8-13/h7-10,12,15-16H,5-6,11H2,1-4H3/t15-/m0/s1. The normalized spacial score (nSPS) is 13.4. The lowest BCUT2D eigenvalue weighted by Crippen LogP contribution is -2.33. The molecule has 1 atom stereocenters. The molecule has 0 fully saturated rings. The van der Waals surface area contributed by atoms with E-state index in [4.69, 9.17) is 4.74 Å². The summed E-state index contributed by atoms with van der Waals surface area (Å²) in [6, 6.07) is 7.32. The van der Waals surface area contributed by atoms with Gasteiger partial charge in [0.2, 0.25) is 10.0 Å². The molecule has 0 aromatic heterocycles. The van der Waals surface area contributed by atoms with Gasteiger partial charge in [0.25, 0.3) is 0 Å². The highest BCUT2D eigenvalue weighted by molar-refractivity contribution is 7.89. The van der Waals surface area contributed by atoms with Crippen LogP contribution in [0.2, 0.25) is 0 Å². The van der Waals surface area contributed by atoms with Crippen LogP contribution in [0.1, 0.15) is 45.2 Å². The Morgan fingerprint density at radius 3 is 2.25 bits per heavy atom. The molecule has 0 bridgehead atoms. The first-order valence-corrected chi connectivity index (χ1v) is 8.68. The highest BCUT2D eigenvalue weighted by atomic mass is 32.2. The van der Waals surface area contributed by atoms with Crippen LogP contribution in [-0.2, 0) is 10.0 Å². The van der Waals surface area contributed by atoms with E-state index in [2.05, 4.69) is 4.72 Å². The molecule has 0 aliphatic carbocycles. The lowest BCUT2D eigenvalue weighted by atomic mass is 9.97. The molecule has 1 aromatic rings. The van der Waals surface area contributed by atoms with E-state index in [0.717, 1.165) is 17.7 Å². The average molecular weight is 299 g/mol. The maximum atomic E-state index is 12.1. The summed E-state index contributed by atoms with van der Waals surface area (Å²) in [6.07, 6.45) is 1.55. The zero-order valence-corrected chi connectivity index (χ0v) is 13.5. The maximum Gasteiger partial charge on any atom is 0.212 e. The third-order valence-electron chi connectivity index (χ3n) is 3.21. The second-order valence-electron chi connectivity index (χ2n) is 5.29. The van der Waals surface area contributed by atoms with Gasteiger partial charge >= 0.3 is 0 Å². The second-order valence-corrected chi connectivity index (χ2v) is 7.16. The molecular weight excluding hydrogens is 274 g/mol. The molecule has 1 rings (SSSR count). The van der Waals surface area contributed by atoms with Crippen LogP contribution in [0, 0.1) is 5.92 Å². The smallest absolute Gasteiger partial charge is 0.212 e. The zero-order chi connectivity index (χ0) is 15.2. The number of hydrogen-bond donors (Lipinski definition) is 1. The van der Waals surface area contributed by atoms with Gasteiger partial charge in [0.15, 0.2) is 0 Å². The number of hydrogen-bond acceptors (Lipinski definition) is 3. The Morgan fingerprint density at radius 2 is 1.80 bits per heavy atom. The summed E-state index contributed by atoms with van der Waals surface area (Å²) < 4.78 is 32.1. The monoisotopic (exact) mass is 299 g/mol. The fourth-order valence-corrected chi connectivity index (χ4v) is 3.57. The summed E-state index contributed by atoms with van der Waals surface area (Å²) in [5.74, 6) is 1.13. The third-order valence-corrected chi connectivity index (χ3v) is 4.65. The molecule has 0 saturated heterocycles. The number of ether oxygens (including phenoxy) is 1. The van der Waals surface area contributed by atoms with Gasteiger partial charge in [-0.05, 0) is 30.0 Å². The molecule has 0 amide bonds. The Kier molecular flexibility index (Phi) is 6.49. The van der Waals surface area contributed by atoms with Gasteiger partial charge in [0, 0.05) is 6.04 Å². The van der Waals surface area contributed by atoms with Crippen LogP contribution in [0.5, 0.6) is 5.75 Å². The van der Waals surface area contributed by atoms with Crippen molar-refractivity contribution in [2.45, 2.75) is 39.7 Å². The van der Waals surface area contributed by atoms with Crippen molar-refractivity contribution in [1.82, 2.24) is 4.72 Å². The van der Waals surface area contributed by atoms with Gasteiger partial charge in [-0.25, -0.2) is 13.1 Å². The van der Waals surface area contributed by atoms with Gasteiger partial charge in [-0.2, -0.15) is 0 Å². The van der Waals surface area contributed by atoms with Crippen molar-refractivity contribution in [3.63, 3.8) is 0 Å². The quantitative estimate of drug-likeness (QED) is 0.802. The predicted molar refractivity (Wildman–Crippen MR) is 82.4 cm³/mol. The first-order valence-electron chi connectivity index (χ1n) is 7.03. The largest absolute Gasteiger partial charge is 0.497 e. The second kappa shape index (κ2) is 7.64. The van der Waals surface area contributed by atoms with Crippen molar-refractivity contribution >= 4 is 10.0 Å².